The Labute approximate surface area is 151 Å². The monoisotopic (exact) mass is 362 g/mol. The zero-order valence-electron chi connectivity index (χ0n) is 14.2. The Morgan fingerprint density at radius 2 is 1.72 bits per heavy atom. The summed E-state index contributed by atoms with van der Waals surface area (Å²) in [6, 6.07) is 11.7. The third kappa shape index (κ3) is 5.22. The molecule has 5 nitrogen and oxygen atoms in total. The van der Waals surface area contributed by atoms with Crippen LogP contribution in [0.15, 0.2) is 42.5 Å². The number of methoxy groups -OCH3 is 1. The molecule has 0 bridgehead atoms. The molecule has 2 aromatic carbocycles. The van der Waals surface area contributed by atoms with Crippen molar-refractivity contribution < 1.29 is 23.8 Å². The molecule has 0 fully saturated rings. The normalized spacial score (nSPS) is 11.5. The smallest absolute Gasteiger partial charge is 0.344 e. The van der Waals surface area contributed by atoms with Crippen LogP contribution in [0.1, 0.15) is 22.8 Å². The van der Waals surface area contributed by atoms with Gasteiger partial charge in [0.1, 0.15) is 11.5 Å². The second-order valence-corrected chi connectivity index (χ2v) is 5.83. The van der Waals surface area contributed by atoms with Crippen molar-refractivity contribution >= 4 is 23.4 Å². The first kappa shape index (κ1) is 18.8. The standard InChI is InChI=1S/C19H19ClO5/c1-12-10-16(8-9-17(12)20)24-11-18(21)25-13(2)19(22)14-4-6-15(23-3)7-5-14/h4-10,13H,11H2,1-3H3/t13-/m1/s1. The molecule has 0 radical (unpaired) electrons. The average molecular weight is 363 g/mol. The van der Waals surface area contributed by atoms with Crippen molar-refractivity contribution in [2.75, 3.05) is 13.7 Å². The van der Waals surface area contributed by atoms with E-state index in [4.69, 9.17) is 25.8 Å². The lowest BCUT2D eigenvalue weighted by Gasteiger charge is -2.13. The first-order valence-corrected chi connectivity index (χ1v) is 8.05. The number of ketones is 1. The van der Waals surface area contributed by atoms with Gasteiger partial charge in [-0.3, -0.25) is 4.79 Å². The van der Waals surface area contributed by atoms with E-state index in [1.165, 1.54) is 6.92 Å². The van der Waals surface area contributed by atoms with E-state index in [1.54, 1.807) is 49.6 Å². The summed E-state index contributed by atoms with van der Waals surface area (Å²) in [7, 11) is 1.55. The highest BCUT2D eigenvalue weighted by Gasteiger charge is 2.20. The number of carbonyl (C=O) groups is 2. The molecule has 0 unspecified atom stereocenters. The predicted octanol–water partition coefficient (Wildman–Crippen LogP) is 3.85. The summed E-state index contributed by atoms with van der Waals surface area (Å²) in [4.78, 5) is 24.1. The second kappa shape index (κ2) is 8.53. The third-order valence-corrected chi connectivity index (χ3v) is 3.96. The molecule has 0 aliphatic carbocycles. The van der Waals surface area contributed by atoms with Gasteiger partial charge in [-0.1, -0.05) is 11.6 Å². The number of halogens is 1. The minimum atomic E-state index is -0.906. The van der Waals surface area contributed by atoms with Crippen molar-refractivity contribution in [3.8, 4) is 11.5 Å². The van der Waals surface area contributed by atoms with E-state index in [9.17, 15) is 9.59 Å². The zero-order valence-corrected chi connectivity index (χ0v) is 15.0. The lowest BCUT2D eigenvalue weighted by molar-refractivity contribution is -0.148. The van der Waals surface area contributed by atoms with Gasteiger partial charge in [-0.15, -0.1) is 0 Å². The Morgan fingerprint density at radius 1 is 1.08 bits per heavy atom. The van der Waals surface area contributed by atoms with E-state index < -0.39 is 12.1 Å². The largest absolute Gasteiger partial charge is 0.497 e. The molecular weight excluding hydrogens is 344 g/mol. The fourth-order valence-electron chi connectivity index (χ4n) is 2.12. The summed E-state index contributed by atoms with van der Waals surface area (Å²) in [6.45, 7) is 3.07. The Balaban J connectivity index is 1.88. The predicted molar refractivity (Wildman–Crippen MR) is 94.6 cm³/mol. The number of carbonyl (C=O) groups excluding carboxylic acids is 2. The zero-order chi connectivity index (χ0) is 18.4. The summed E-state index contributed by atoms with van der Waals surface area (Å²) < 4.78 is 15.5. The fraction of sp³-hybridized carbons (Fsp3) is 0.263. The molecule has 0 heterocycles. The summed E-state index contributed by atoms with van der Waals surface area (Å²) in [5.41, 5.74) is 1.28. The first-order chi connectivity index (χ1) is 11.9. The second-order valence-electron chi connectivity index (χ2n) is 5.42. The molecule has 6 heteroatoms. The van der Waals surface area contributed by atoms with E-state index in [-0.39, 0.29) is 12.4 Å². The molecule has 2 aromatic rings. The molecule has 2 rings (SSSR count). The first-order valence-electron chi connectivity index (χ1n) is 7.67. The van der Waals surface area contributed by atoms with E-state index in [0.29, 0.717) is 22.1 Å². The Kier molecular flexibility index (Phi) is 6.42. The number of hydrogen-bond acceptors (Lipinski definition) is 5. The maximum absolute atomic E-state index is 12.3. The van der Waals surface area contributed by atoms with Crippen LogP contribution in [0.4, 0.5) is 0 Å². The molecule has 0 saturated carbocycles. The number of Topliss-reactive ketones (excluding diaryl/α,β-unsaturated/α-hetero) is 1. The Hall–Kier alpha value is -2.53. The summed E-state index contributed by atoms with van der Waals surface area (Å²) in [5.74, 6) is 0.237. The van der Waals surface area contributed by atoms with E-state index in [1.807, 2.05) is 6.92 Å². The number of benzene rings is 2. The van der Waals surface area contributed by atoms with Crippen LogP contribution in [-0.2, 0) is 9.53 Å². The van der Waals surface area contributed by atoms with Crippen LogP contribution in [0.25, 0.3) is 0 Å². The summed E-state index contributed by atoms with van der Waals surface area (Å²) >= 11 is 5.93. The molecule has 0 aliphatic rings. The van der Waals surface area contributed by atoms with Crippen LogP contribution in [0.2, 0.25) is 5.02 Å². The highest BCUT2D eigenvalue weighted by Crippen LogP contribution is 2.21. The molecule has 0 N–H and O–H groups in total. The van der Waals surface area contributed by atoms with Gasteiger partial charge in [-0.2, -0.15) is 0 Å². The van der Waals surface area contributed by atoms with E-state index in [0.717, 1.165) is 5.56 Å². The minimum Gasteiger partial charge on any atom is -0.497 e. The van der Waals surface area contributed by atoms with Gasteiger partial charge >= 0.3 is 5.97 Å². The van der Waals surface area contributed by atoms with Gasteiger partial charge in [0.25, 0.3) is 0 Å². The van der Waals surface area contributed by atoms with E-state index >= 15 is 0 Å². The number of hydrogen-bond donors (Lipinski definition) is 0. The molecule has 0 spiro atoms. The number of esters is 1. The van der Waals surface area contributed by atoms with Gasteiger partial charge in [0.15, 0.2) is 12.7 Å². The highest BCUT2D eigenvalue weighted by atomic mass is 35.5. The van der Waals surface area contributed by atoms with Crippen molar-refractivity contribution in [3.63, 3.8) is 0 Å². The van der Waals surface area contributed by atoms with Crippen LogP contribution in [0.5, 0.6) is 11.5 Å². The van der Waals surface area contributed by atoms with Crippen LogP contribution in [0.3, 0.4) is 0 Å². The Morgan fingerprint density at radius 3 is 2.32 bits per heavy atom. The quantitative estimate of drug-likeness (QED) is 0.553. The maximum atomic E-state index is 12.3. The van der Waals surface area contributed by atoms with Crippen LogP contribution in [-0.4, -0.2) is 31.6 Å². The van der Waals surface area contributed by atoms with Crippen molar-refractivity contribution in [3.05, 3.63) is 58.6 Å². The van der Waals surface area contributed by atoms with Gasteiger partial charge in [0.2, 0.25) is 5.78 Å². The molecule has 0 amide bonds. The van der Waals surface area contributed by atoms with Crippen molar-refractivity contribution in [2.45, 2.75) is 20.0 Å². The van der Waals surface area contributed by atoms with Crippen LogP contribution < -0.4 is 9.47 Å². The number of aryl methyl sites for hydroxylation is 1. The van der Waals surface area contributed by atoms with Crippen molar-refractivity contribution in [1.82, 2.24) is 0 Å². The summed E-state index contributed by atoms with van der Waals surface area (Å²) in [6.07, 6.45) is -0.906. The molecule has 0 saturated heterocycles. The van der Waals surface area contributed by atoms with Gasteiger partial charge in [-0.25, -0.2) is 4.79 Å². The lowest BCUT2D eigenvalue weighted by atomic mass is 10.1. The average Bonchev–Trinajstić information content (AvgIpc) is 2.62. The third-order valence-electron chi connectivity index (χ3n) is 3.54. The fourth-order valence-corrected chi connectivity index (χ4v) is 2.24. The number of rotatable bonds is 7. The molecule has 132 valence electrons. The Bertz CT molecular complexity index is 755. The van der Waals surface area contributed by atoms with Gasteiger partial charge < -0.3 is 14.2 Å². The SMILES string of the molecule is COc1ccc(C(=O)[C@@H](C)OC(=O)COc2ccc(Cl)c(C)c2)cc1. The minimum absolute atomic E-state index is 0.290. The van der Waals surface area contributed by atoms with E-state index in [2.05, 4.69) is 0 Å². The summed E-state index contributed by atoms with van der Waals surface area (Å²) in [5, 5.41) is 0.619. The maximum Gasteiger partial charge on any atom is 0.344 e. The van der Waals surface area contributed by atoms with Crippen molar-refractivity contribution in [2.24, 2.45) is 0 Å². The number of ether oxygens (including phenoxy) is 3. The molecule has 25 heavy (non-hydrogen) atoms. The van der Waals surface area contributed by atoms with Crippen molar-refractivity contribution in [1.29, 1.82) is 0 Å². The van der Waals surface area contributed by atoms with Gasteiger partial charge in [0, 0.05) is 10.6 Å². The molecule has 1 atom stereocenters. The molecule has 0 aliphatic heterocycles. The van der Waals surface area contributed by atoms with Crippen LogP contribution >= 0.6 is 11.6 Å². The highest BCUT2D eigenvalue weighted by molar-refractivity contribution is 6.31. The molecular formula is C19H19ClO5. The van der Waals surface area contributed by atoms with Crippen LogP contribution in [0, 0.1) is 6.92 Å². The molecule has 0 aromatic heterocycles. The van der Waals surface area contributed by atoms with Gasteiger partial charge in [0.05, 0.1) is 7.11 Å². The lowest BCUT2D eigenvalue weighted by Crippen LogP contribution is -2.27. The van der Waals surface area contributed by atoms with Gasteiger partial charge in [-0.05, 0) is 61.9 Å². The topological polar surface area (TPSA) is 61.8 Å².